The van der Waals surface area contributed by atoms with E-state index in [0.717, 1.165) is 17.6 Å². The van der Waals surface area contributed by atoms with Crippen molar-refractivity contribution in [3.05, 3.63) is 52.8 Å². The summed E-state index contributed by atoms with van der Waals surface area (Å²) in [5, 5.41) is 0. The van der Waals surface area contributed by atoms with Gasteiger partial charge in [-0.05, 0) is 42.4 Å². The number of aromatic amines is 1. The number of nitrogens with one attached hydrogen (secondary N) is 1. The Morgan fingerprint density at radius 1 is 1.22 bits per heavy atom. The predicted octanol–water partition coefficient (Wildman–Crippen LogP) is 2.85. The normalized spacial score (nSPS) is 10.9. The summed E-state index contributed by atoms with van der Waals surface area (Å²) in [6.07, 6.45) is 7.25. The maximum atomic E-state index is 5.35. The zero-order valence-electron chi connectivity index (χ0n) is 9.92. The quantitative estimate of drug-likeness (QED) is 0.717. The summed E-state index contributed by atoms with van der Waals surface area (Å²) in [4.78, 5) is 11.4. The number of hydrogen-bond acceptors (Lipinski definition) is 3. The van der Waals surface area contributed by atoms with Crippen LogP contribution in [0.2, 0.25) is 0 Å². The van der Waals surface area contributed by atoms with E-state index >= 15 is 0 Å². The molecule has 0 spiro atoms. The van der Waals surface area contributed by atoms with Crippen LogP contribution in [-0.4, -0.2) is 19.5 Å². The molecule has 1 N–H and O–H groups in total. The maximum Gasteiger partial charge on any atom is 0.178 e. The topological polar surface area (TPSA) is 46.5 Å². The summed E-state index contributed by atoms with van der Waals surface area (Å²) < 4.78 is 2.78. The van der Waals surface area contributed by atoms with Crippen LogP contribution >= 0.6 is 12.2 Å². The van der Waals surface area contributed by atoms with Crippen molar-refractivity contribution in [1.82, 2.24) is 19.5 Å². The lowest BCUT2D eigenvalue weighted by Gasteiger charge is -2.07. The van der Waals surface area contributed by atoms with E-state index in [1.54, 1.807) is 18.6 Å². The van der Waals surface area contributed by atoms with Crippen molar-refractivity contribution in [3.8, 4) is 0 Å². The van der Waals surface area contributed by atoms with Gasteiger partial charge in [-0.1, -0.05) is 0 Å². The minimum atomic E-state index is 0.709. The van der Waals surface area contributed by atoms with E-state index in [1.165, 1.54) is 11.1 Å². The van der Waals surface area contributed by atoms with Crippen LogP contribution in [0.5, 0.6) is 0 Å². The molecule has 0 bridgehead atoms. The summed E-state index contributed by atoms with van der Waals surface area (Å²) in [6, 6.07) is 3.97. The van der Waals surface area contributed by atoms with Crippen molar-refractivity contribution in [2.75, 3.05) is 0 Å². The average Bonchev–Trinajstić information content (AvgIpc) is 2.69. The van der Waals surface area contributed by atoms with Gasteiger partial charge in [0.25, 0.3) is 0 Å². The molecule has 0 unspecified atom stereocenters. The molecule has 0 radical (unpaired) electrons. The van der Waals surface area contributed by atoms with Gasteiger partial charge in [-0.25, -0.2) is 0 Å². The van der Waals surface area contributed by atoms with Gasteiger partial charge in [0.05, 0.1) is 23.8 Å². The van der Waals surface area contributed by atoms with E-state index in [1.807, 2.05) is 18.3 Å². The largest absolute Gasteiger partial charge is 0.329 e. The molecule has 3 rings (SSSR count). The van der Waals surface area contributed by atoms with Gasteiger partial charge in [0, 0.05) is 18.6 Å². The van der Waals surface area contributed by atoms with Gasteiger partial charge in [0.1, 0.15) is 0 Å². The molecule has 0 aromatic carbocycles. The second kappa shape index (κ2) is 4.34. The summed E-state index contributed by atoms with van der Waals surface area (Å²) in [5.41, 5.74) is 4.42. The Bertz CT molecular complexity index is 757. The third-order valence-corrected chi connectivity index (χ3v) is 3.37. The van der Waals surface area contributed by atoms with Gasteiger partial charge in [-0.15, -0.1) is 0 Å². The molecule has 90 valence electrons. The van der Waals surface area contributed by atoms with Crippen LogP contribution in [0.15, 0.2) is 36.9 Å². The molecular weight excluding hydrogens is 244 g/mol. The molecule has 18 heavy (non-hydrogen) atoms. The smallest absolute Gasteiger partial charge is 0.178 e. The summed E-state index contributed by atoms with van der Waals surface area (Å²) in [6.45, 7) is 2.81. The first-order chi connectivity index (χ1) is 8.75. The second-order valence-corrected chi connectivity index (χ2v) is 4.60. The fourth-order valence-electron chi connectivity index (χ4n) is 2.00. The highest BCUT2D eigenvalue weighted by molar-refractivity contribution is 7.71. The second-order valence-electron chi connectivity index (χ2n) is 4.21. The van der Waals surface area contributed by atoms with Crippen molar-refractivity contribution in [2.24, 2.45) is 0 Å². The number of hydrogen-bond donors (Lipinski definition) is 1. The number of H-pyrrole nitrogens is 1. The first-order valence-corrected chi connectivity index (χ1v) is 6.08. The van der Waals surface area contributed by atoms with Crippen molar-refractivity contribution in [1.29, 1.82) is 0 Å². The molecule has 5 heteroatoms. The zero-order valence-corrected chi connectivity index (χ0v) is 10.7. The van der Waals surface area contributed by atoms with Gasteiger partial charge >= 0.3 is 0 Å². The van der Waals surface area contributed by atoms with E-state index in [-0.39, 0.29) is 0 Å². The summed E-state index contributed by atoms with van der Waals surface area (Å²) >= 11 is 5.35. The molecule has 0 amide bonds. The fraction of sp³-hybridized carbons (Fsp3) is 0.154. The zero-order chi connectivity index (χ0) is 12.5. The lowest BCUT2D eigenvalue weighted by Crippen LogP contribution is -2.02. The fourth-order valence-corrected chi connectivity index (χ4v) is 2.27. The average molecular weight is 256 g/mol. The Kier molecular flexibility index (Phi) is 2.68. The molecule has 0 saturated carbocycles. The highest BCUT2D eigenvalue weighted by Crippen LogP contribution is 2.15. The van der Waals surface area contributed by atoms with Gasteiger partial charge in [-0.2, -0.15) is 0 Å². The van der Waals surface area contributed by atoms with Crippen LogP contribution in [0, 0.1) is 11.7 Å². The Morgan fingerprint density at radius 3 is 2.83 bits per heavy atom. The van der Waals surface area contributed by atoms with E-state index in [9.17, 15) is 0 Å². The number of nitrogens with zero attached hydrogens (tertiary/aromatic N) is 3. The molecule has 3 heterocycles. The van der Waals surface area contributed by atoms with Crippen LogP contribution in [-0.2, 0) is 6.54 Å². The minimum Gasteiger partial charge on any atom is -0.329 e. The summed E-state index contributed by atoms with van der Waals surface area (Å²) in [7, 11) is 0. The number of fused-ring (bicyclic) bond motifs is 1. The number of rotatable bonds is 2. The van der Waals surface area contributed by atoms with E-state index in [0.29, 0.717) is 4.77 Å². The molecule has 0 atom stereocenters. The Labute approximate surface area is 109 Å². The van der Waals surface area contributed by atoms with Gasteiger partial charge in [-0.3, -0.25) is 9.97 Å². The number of aromatic nitrogens is 4. The van der Waals surface area contributed by atoms with Crippen LogP contribution in [0.3, 0.4) is 0 Å². The molecule has 3 aromatic rings. The monoisotopic (exact) mass is 256 g/mol. The third-order valence-electron chi connectivity index (χ3n) is 3.05. The van der Waals surface area contributed by atoms with Crippen molar-refractivity contribution in [2.45, 2.75) is 13.5 Å². The van der Waals surface area contributed by atoms with Gasteiger partial charge < -0.3 is 9.55 Å². The molecule has 4 nitrogen and oxygen atoms in total. The lowest BCUT2D eigenvalue weighted by molar-refractivity contribution is 0.800. The molecule has 0 aliphatic carbocycles. The SMILES string of the molecule is Cc1ccncc1Cn1c(=S)[nH]c2cnccc21. The summed E-state index contributed by atoms with van der Waals surface area (Å²) in [5.74, 6) is 0. The van der Waals surface area contributed by atoms with E-state index in [2.05, 4.69) is 26.4 Å². The Balaban J connectivity index is 2.13. The minimum absolute atomic E-state index is 0.709. The highest BCUT2D eigenvalue weighted by Gasteiger charge is 2.06. The van der Waals surface area contributed by atoms with Gasteiger partial charge in [0.2, 0.25) is 0 Å². The van der Waals surface area contributed by atoms with Crippen molar-refractivity contribution in [3.63, 3.8) is 0 Å². The maximum absolute atomic E-state index is 5.35. The third kappa shape index (κ3) is 1.82. The van der Waals surface area contributed by atoms with E-state index in [4.69, 9.17) is 12.2 Å². The molecule has 3 aromatic heterocycles. The highest BCUT2D eigenvalue weighted by atomic mass is 32.1. The standard InChI is InChI=1S/C13H12N4S/c1-9-2-4-14-6-10(9)8-17-12-3-5-15-7-11(12)16-13(17)18/h2-7H,8H2,1H3,(H,16,18). The number of pyridine rings is 2. The number of imidazole rings is 1. The van der Waals surface area contributed by atoms with Crippen LogP contribution < -0.4 is 0 Å². The van der Waals surface area contributed by atoms with Crippen LogP contribution in [0.25, 0.3) is 11.0 Å². The lowest BCUT2D eigenvalue weighted by atomic mass is 10.1. The molecular formula is C13H12N4S. The Hall–Kier alpha value is -2.01. The Morgan fingerprint density at radius 2 is 2.00 bits per heavy atom. The first kappa shape index (κ1) is 11.1. The van der Waals surface area contributed by atoms with Crippen molar-refractivity contribution >= 4 is 23.3 Å². The van der Waals surface area contributed by atoms with Crippen LogP contribution in [0.4, 0.5) is 0 Å². The number of aryl methyl sites for hydroxylation is 1. The molecule has 0 aliphatic heterocycles. The predicted molar refractivity (Wildman–Crippen MR) is 73.0 cm³/mol. The van der Waals surface area contributed by atoms with Gasteiger partial charge in [0.15, 0.2) is 4.77 Å². The first-order valence-electron chi connectivity index (χ1n) is 5.68. The van der Waals surface area contributed by atoms with Crippen LogP contribution in [0.1, 0.15) is 11.1 Å². The van der Waals surface area contributed by atoms with E-state index < -0.39 is 0 Å². The molecule has 0 fully saturated rings. The molecule has 0 aliphatic rings. The van der Waals surface area contributed by atoms with Crippen molar-refractivity contribution < 1.29 is 0 Å². The molecule has 0 saturated heterocycles.